The van der Waals surface area contributed by atoms with Crippen LogP contribution >= 0.6 is 0 Å². The van der Waals surface area contributed by atoms with Gasteiger partial charge in [-0.3, -0.25) is 0 Å². The quantitative estimate of drug-likeness (QED) is 0.887. The van der Waals surface area contributed by atoms with Crippen LogP contribution in [0.15, 0.2) is 30.3 Å². The predicted molar refractivity (Wildman–Crippen MR) is 90.9 cm³/mol. The molecule has 4 rings (SSSR count). The van der Waals surface area contributed by atoms with Crippen molar-refractivity contribution >= 4 is 11.8 Å². The van der Waals surface area contributed by atoms with Gasteiger partial charge in [0.2, 0.25) is 5.95 Å². The molecule has 1 fully saturated rings. The average molecular weight is 364 g/mol. The van der Waals surface area contributed by atoms with Crippen molar-refractivity contribution in [3.63, 3.8) is 0 Å². The lowest BCUT2D eigenvalue weighted by Gasteiger charge is -2.33. The van der Waals surface area contributed by atoms with Gasteiger partial charge in [0.1, 0.15) is 5.82 Å². The Labute approximate surface area is 149 Å². The molecule has 3 heterocycles. The van der Waals surface area contributed by atoms with E-state index in [4.69, 9.17) is 0 Å². The molecule has 0 spiro atoms. The summed E-state index contributed by atoms with van der Waals surface area (Å²) in [5, 5.41) is 10.4. The summed E-state index contributed by atoms with van der Waals surface area (Å²) in [5.41, 5.74) is 0.757. The first-order chi connectivity index (χ1) is 12.4. The van der Waals surface area contributed by atoms with Crippen LogP contribution in [0.3, 0.4) is 0 Å². The molecule has 1 aromatic heterocycles. The zero-order valence-electron chi connectivity index (χ0n) is 14.1. The van der Waals surface area contributed by atoms with E-state index in [2.05, 4.69) is 9.97 Å². The van der Waals surface area contributed by atoms with Gasteiger partial charge >= 0.3 is 6.18 Å². The van der Waals surface area contributed by atoms with E-state index in [9.17, 15) is 18.3 Å². The summed E-state index contributed by atoms with van der Waals surface area (Å²) in [4.78, 5) is 11.6. The molecule has 8 heteroatoms. The second-order valence-corrected chi connectivity index (χ2v) is 6.70. The van der Waals surface area contributed by atoms with Crippen LogP contribution in [0.5, 0.6) is 0 Å². The lowest BCUT2D eigenvalue weighted by molar-refractivity contribution is -0.141. The number of fused-ring (bicyclic) bond motifs is 1. The Balaban J connectivity index is 1.72. The maximum atomic E-state index is 13.3. The zero-order valence-corrected chi connectivity index (χ0v) is 14.1. The van der Waals surface area contributed by atoms with Crippen LogP contribution in [0.4, 0.5) is 24.9 Å². The first kappa shape index (κ1) is 17.1. The van der Waals surface area contributed by atoms with E-state index in [1.807, 2.05) is 24.3 Å². The lowest BCUT2D eigenvalue weighted by Crippen LogP contribution is -2.35. The first-order valence-electron chi connectivity index (χ1n) is 8.64. The van der Waals surface area contributed by atoms with Crippen molar-refractivity contribution in [3.8, 4) is 0 Å². The molecule has 2 aliphatic heterocycles. The van der Waals surface area contributed by atoms with Crippen LogP contribution in [-0.2, 0) is 12.7 Å². The first-order valence-corrected chi connectivity index (χ1v) is 8.64. The summed E-state index contributed by atoms with van der Waals surface area (Å²) in [6, 6.07) is 8.38. The molecule has 0 aliphatic carbocycles. The molecule has 2 aromatic rings. The molecular formula is C18H19F3N4O. The van der Waals surface area contributed by atoms with E-state index in [0.717, 1.165) is 30.0 Å². The topological polar surface area (TPSA) is 52.5 Å². The van der Waals surface area contributed by atoms with Crippen LogP contribution in [0.2, 0.25) is 0 Å². The van der Waals surface area contributed by atoms with Crippen LogP contribution in [0.25, 0.3) is 0 Å². The van der Waals surface area contributed by atoms with Crippen molar-refractivity contribution in [3.05, 3.63) is 47.2 Å². The second kappa shape index (κ2) is 6.42. The molecule has 1 N–H and O–H groups in total. The minimum atomic E-state index is -4.54. The molecule has 0 unspecified atom stereocenters. The van der Waals surface area contributed by atoms with Crippen molar-refractivity contribution in [1.82, 2.24) is 9.97 Å². The van der Waals surface area contributed by atoms with Crippen molar-refractivity contribution in [2.24, 2.45) is 0 Å². The third kappa shape index (κ3) is 3.21. The number of halogens is 3. The van der Waals surface area contributed by atoms with Crippen molar-refractivity contribution in [1.29, 1.82) is 0 Å². The van der Waals surface area contributed by atoms with Gasteiger partial charge in [0, 0.05) is 32.2 Å². The number of alkyl halides is 3. The summed E-state index contributed by atoms with van der Waals surface area (Å²) in [6.07, 6.45) is -3.46. The normalized spacial score (nSPS) is 20.4. The van der Waals surface area contributed by atoms with Crippen molar-refractivity contribution < 1.29 is 18.3 Å². The smallest absolute Gasteiger partial charge is 0.387 e. The van der Waals surface area contributed by atoms with Crippen LogP contribution < -0.4 is 9.80 Å². The highest BCUT2D eigenvalue weighted by Gasteiger charge is 2.36. The summed E-state index contributed by atoms with van der Waals surface area (Å²) < 4.78 is 40.0. The molecule has 1 aromatic carbocycles. The van der Waals surface area contributed by atoms with E-state index in [-0.39, 0.29) is 18.3 Å². The molecular weight excluding hydrogens is 345 g/mol. The van der Waals surface area contributed by atoms with Crippen LogP contribution in [-0.4, -0.2) is 34.7 Å². The molecule has 1 saturated heterocycles. The highest BCUT2D eigenvalue weighted by molar-refractivity contribution is 5.50. The fourth-order valence-corrected chi connectivity index (χ4v) is 3.54. The van der Waals surface area contributed by atoms with E-state index in [1.165, 1.54) is 0 Å². The number of aromatic nitrogens is 2. The summed E-state index contributed by atoms with van der Waals surface area (Å²) in [7, 11) is 0. The van der Waals surface area contributed by atoms with Gasteiger partial charge in [0.15, 0.2) is 5.69 Å². The molecule has 0 saturated carbocycles. The molecule has 1 atom stereocenters. The van der Waals surface area contributed by atoms with Crippen LogP contribution in [0, 0.1) is 0 Å². The van der Waals surface area contributed by atoms with Crippen molar-refractivity contribution in [2.75, 3.05) is 29.4 Å². The largest absolute Gasteiger partial charge is 0.433 e. The Morgan fingerprint density at radius 1 is 1.04 bits per heavy atom. The Hall–Kier alpha value is -2.35. The van der Waals surface area contributed by atoms with Gasteiger partial charge in [-0.05, 0) is 24.0 Å². The molecule has 0 radical (unpaired) electrons. The number of rotatable bonds is 2. The number of anilines is 2. The minimum Gasteiger partial charge on any atom is -0.387 e. The van der Waals surface area contributed by atoms with Gasteiger partial charge in [-0.25, -0.2) is 4.98 Å². The monoisotopic (exact) mass is 364 g/mol. The van der Waals surface area contributed by atoms with E-state index in [1.54, 1.807) is 9.80 Å². The second-order valence-electron chi connectivity index (χ2n) is 6.70. The lowest BCUT2D eigenvalue weighted by atomic mass is 9.97. The number of hydrogen-bond donors (Lipinski definition) is 1. The third-order valence-corrected chi connectivity index (χ3v) is 4.87. The molecule has 0 bridgehead atoms. The number of β-amino-alcohol motifs (C(OH)–C–C–N with tert-alkyl or cyclic N) is 1. The number of nitrogens with zero attached hydrogens (tertiary/aromatic N) is 4. The van der Waals surface area contributed by atoms with E-state index < -0.39 is 18.0 Å². The zero-order chi connectivity index (χ0) is 18.3. The Morgan fingerprint density at radius 3 is 2.50 bits per heavy atom. The number of hydrogen-bond acceptors (Lipinski definition) is 5. The van der Waals surface area contributed by atoms with Gasteiger partial charge in [0.05, 0.1) is 6.10 Å². The SMILES string of the molecule is O[C@H]1CN(c2cc(C(F)(F)F)nc(N3CCCC3)n2)Cc2ccccc21. The van der Waals surface area contributed by atoms with E-state index >= 15 is 0 Å². The average Bonchev–Trinajstić information content (AvgIpc) is 3.15. The summed E-state index contributed by atoms with van der Waals surface area (Å²) in [5.74, 6) is 0.309. The van der Waals surface area contributed by atoms with Gasteiger partial charge < -0.3 is 14.9 Å². The molecule has 138 valence electrons. The summed E-state index contributed by atoms with van der Waals surface area (Å²) >= 11 is 0. The Morgan fingerprint density at radius 2 is 1.77 bits per heavy atom. The summed E-state index contributed by atoms with van der Waals surface area (Å²) in [6.45, 7) is 1.92. The number of aliphatic hydroxyl groups excluding tert-OH is 1. The third-order valence-electron chi connectivity index (χ3n) is 4.87. The van der Waals surface area contributed by atoms with Gasteiger partial charge in [-0.2, -0.15) is 18.2 Å². The number of aliphatic hydroxyl groups is 1. The molecule has 0 amide bonds. The highest BCUT2D eigenvalue weighted by atomic mass is 19.4. The fourth-order valence-electron chi connectivity index (χ4n) is 3.54. The van der Waals surface area contributed by atoms with Crippen molar-refractivity contribution in [2.45, 2.75) is 31.7 Å². The molecule has 2 aliphatic rings. The van der Waals surface area contributed by atoms with Gasteiger partial charge in [-0.15, -0.1) is 0 Å². The minimum absolute atomic E-state index is 0.112. The van der Waals surface area contributed by atoms with Gasteiger partial charge in [0.25, 0.3) is 0 Å². The standard InChI is InChI=1S/C18H19F3N4O/c19-18(20,21)15-9-16(23-17(22-15)24-7-3-4-8-24)25-10-12-5-1-2-6-13(12)14(26)11-25/h1-2,5-6,9,14,26H,3-4,7-8,10-11H2/t14-/m0/s1. The fraction of sp³-hybridized carbons (Fsp3) is 0.444. The molecule has 5 nitrogen and oxygen atoms in total. The Bertz CT molecular complexity index is 805. The highest BCUT2D eigenvalue weighted by Crippen LogP contribution is 2.34. The maximum Gasteiger partial charge on any atom is 0.433 e. The Kier molecular flexibility index (Phi) is 4.22. The maximum absolute atomic E-state index is 13.3. The van der Waals surface area contributed by atoms with Crippen LogP contribution in [0.1, 0.15) is 35.8 Å². The van der Waals surface area contributed by atoms with Gasteiger partial charge in [-0.1, -0.05) is 24.3 Å². The predicted octanol–water partition coefficient (Wildman–Crippen LogP) is 3.15. The van der Waals surface area contributed by atoms with E-state index in [0.29, 0.717) is 19.6 Å². The molecule has 26 heavy (non-hydrogen) atoms. The number of benzene rings is 1.